The van der Waals surface area contributed by atoms with Crippen LogP contribution >= 0.6 is 0 Å². The predicted molar refractivity (Wildman–Crippen MR) is 68.9 cm³/mol. The van der Waals surface area contributed by atoms with Crippen LogP contribution in [0.5, 0.6) is 0 Å². The Morgan fingerprint density at radius 2 is 1.95 bits per heavy atom. The van der Waals surface area contributed by atoms with Crippen molar-refractivity contribution in [1.82, 2.24) is 15.1 Å². The maximum atomic E-state index is 11.5. The van der Waals surface area contributed by atoms with Crippen LogP contribution in [0, 0.1) is 0 Å². The van der Waals surface area contributed by atoms with E-state index in [0.717, 1.165) is 4.90 Å². The molecule has 2 N–H and O–H groups in total. The van der Waals surface area contributed by atoms with E-state index >= 15 is 0 Å². The van der Waals surface area contributed by atoms with E-state index in [1.165, 1.54) is 4.90 Å². The number of carboxylic acid groups (broad SMARTS) is 1. The molecule has 0 spiro atoms. The minimum absolute atomic E-state index is 0.0173. The minimum Gasteiger partial charge on any atom is -0.481 e. The molecule has 1 rings (SSSR count). The third-order valence-corrected chi connectivity index (χ3v) is 2.91. The van der Waals surface area contributed by atoms with Crippen LogP contribution in [0.15, 0.2) is 0 Å². The molecule has 1 fully saturated rings. The van der Waals surface area contributed by atoms with Gasteiger partial charge in [-0.3, -0.25) is 19.3 Å². The molecule has 0 unspecified atom stereocenters. The Balaban J connectivity index is 2.14. The van der Waals surface area contributed by atoms with E-state index in [2.05, 4.69) is 5.32 Å². The Labute approximate surface area is 116 Å². The number of carboxylic acids is 1. The number of nitrogens with one attached hydrogen (secondary N) is 1. The first-order valence-corrected chi connectivity index (χ1v) is 6.45. The molecular weight excluding hydrogens is 266 g/mol. The van der Waals surface area contributed by atoms with Gasteiger partial charge in [0.25, 0.3) is 0 Å². The van der Waals surface area contributed by atoms with Crippen molar-refractivity contribution in [3.8, 4) is 0 Å². The molecule has 0 atom stereocenters. The Kier molecular flexibility index (Phi) is 5.95. The lowest BCUT2D eigenvalue weighted by Crippen LogP contribution is -2.33. The van der Waals surface area contributed by atoms with Crippen LogP contribution in [0.3, 0.4) is 0 Å². The van der Waals surface area contributed by atoms with Gasteiger partial charge in [0.2, 0.25) is 11.8 Å². The molecule has 0 bridgehead atoms. The Hall–Kier alpha value is -2.12. The summed E-state index contributed by atoms with van der Waals surface area (Å²) in [6.45, 7) is 0.625. The Morgan fingerprint density at radius 1 is 1.25 bits per heavy atom. The number of carbonyl (C=O) groups is 4. The van der Waals surface area contributed by atoms with E-state index in [1.807, 2.05) is 0 Å². The summed E-state index contributed by atoms with van der Waals surface area (Å²) in [5.41, 5.74) is 0. The predicted octanol–water partition coefficient (Wildman–Crippen LogP) is -0.358. The zero-order chi connectivity index (χ0) is 15.1. The van der Waals surface area contributed by atoms with Gasteiger partial charge in [-0.1, -0.05) is 0 Å². The molecule has 0 aromatic carbocycles. The van der Waals surface area contributed by atoms with Gasteiger partial charge in [-0.05, 0) is 12.8 Å². The maximum Gasteiger partial charge on any atom is 0.326 e. The molecule has 8 heteroatoms. The molecule has 0 aromatic rings. The molecule has 4 amide bonds. The molecule has 0 radical (unpaired) electrons. The monoisotopic (exact) mass is 285 g/mol. The number of aliphatic carboxylic acids is 1. The fraction of sp³-hybridized carbons (Fsp3) is 0.667. The summed E-state index contributed by atoms with van der Waals surface area (Å²) in [5, 5.41) is 11.0. The van der Waals surface area contributed by atoms with Crippen molar-refractivity contribution in [2.75, 3.05) is 26.7 Å². The molecule has 112 valence electrons. The second-order valence-electron chi connectivity index (χ2n) is 4.63. The van der Waals surface area contributed by atoms with Crippen LogP contribution in [0.1, 0.15) is 25.7 Å². The molecule has 0 aromatic heterocycles. The van der Waals surface area contributed by atoms with Gasteiger partial charge in [-0.25, -0.2) is 4.79 Å². The van der Waals surface area contributed by atoms with E-state index < -0.39 is 5.97 Å². The fourth-order valence-electron chi connectivity index (χ4n) is 1.84. The number of urea groups is 1. The summed E-state index contributed by atoms with van der Waals surface area (Å²) in [4.78, 5) is 47.2. The summed E-state index contributed by atoms with van der Waals surface area (Å²) in [5.74, 6) is -1.35. The SMILES string of the molecule is CN1CC(=O)N(CCCC(=O)NCCCC(=O)O)C1=O. The first kappa shape index (κ1) is 15.9. The summed E-state index contributed by atoms with van der Waals surface area (Å²) in [7, 11) is 1.55. The van der Waals surface area contributed by atoms with Crippen molar-refractivity contribution >= 4 is 23.8 Å². The van der Waals surface area contributed by atoms with Crippen molar-refractivity contribution in [1.29, 1.82) is 0 Å². The summed E-state index contributed by atoms with van der Waals surface area (Å²) in [6, 6.07) is -0.336. The molecule has 1 aliphatic rings. The molecule has 1 heterocycles. The third kappa shape index (κ3) is 4.87. The Morgan fingerprint density at radius 3 is 2.50 bits per heavy atom. The zero-order valence-electron chi connectivity index (χ0n) is 11.4. The van der Waals surface area contributed by atoms with Gasteiger partial charge < -0.3 is 15.3 Å². The number of amides is 4. The number of carbonyl (C=O) groups excluding carboxylic acids is 3. The topological polar surface area (TPSA) is 107 Å². The molecule has 1 aliphatic heterocycles. The van der Waals surface area contributed by atoms with E-state index in [-0.39, 0.29) is 43.8 Å². The highest BCUT2D eigenvalue weighted by Crippen LogP contribution is 2.08. The van der Waals surface area contributed by atoms with Crippen LogP contribution in [-0.2, 0) is 14.4 Å². The van der Waals surface area contributed by atoms with Gasteiger partial charge in [-0.15, -0.1) is 0 Å². The maximum absolute atomic E-state index is 11.5. The second-order valence-corrected chi connectivity index (χ2v) is 4.63. The first-order valence-electron chi connectivity index (χ1n) is 6.45. The average Bonchev–Trinajstić information content (AvgIpc) is 2.61. The lowest BCUT2D eigenvalue weighted by atomic mass is 10.2. The molecule has 0 saturated carbocycles. The van der Waals surface area contributed by atoms with Crippen molar-refractivity contribution in [3.05, 3.63) is 0 Å². The highest BCUT2D eigenvalue weighted by Gasteiger charge is 2.32. The van der Waals surface area contributed by atoms with E-state index in [0.29, 0.717) is 19.4 Å². The van der Waals surface area contributed by atoms with Gasteiger partial charge in [-0.2, -0.15) is 0 Å². The third-order valence-electron chi connectivity index (χ3n) is 2.91. The molecule has 0 aliphatic carbocycles. The summed E-state index contributed by atoms with van der Waals surface area (Å²) in [6.07, 6.45) is 1.00. The van der Waals surface area contributed by atoms with Crippen LogP contribution < -0.4 is 5.32 Å². The normalized spacial score (nSPS) is 14.8. The van der Waals surface area contributed by atoms with E-state index in [4.69, 9.17) is 5.11 Å². The van der Waals surface area contributed by atoms with Gasteiger partial charge in [0.1, 0.15) is 6.54 Å². The van der Waals surface area contributed by atoms with E-state index in [9.17, 15) is 19.2 Å². The second kappa shape index (κ2) is 7.46. The quantitative estimate of drug-likeness (QED) is 0.468. The Bertz CT molecular complexity index is 410. The van der Waals surface area contributed by atoms with Crippen LogP contribution in [0.2, 0.25) is 0 Å². The zero-order valence-corrected chi connectivity index (χ0v) is 11.4. The van der Waals surface area contributed by atoms with Gasteiger partial charge in [0.05, 0.1) is 0 Å². The summed E-state index contributed by atoms with van der Waals surface area (Å²) < 4.78 is 0. The molecule has 8 nitrogen and oxygen atoms in total. The number of hydrogen-bond donors (Lipinski definition) is 2. The van der Waals surface area contributed by atoms with Crippen LogP contribution in [0.25, 0.3) is 0 Å². The molecular formula is C12H19N3O5. The van der Waals surface area contributed by atoms with Crippen molar-refractivity contribution in [2.45, 2.75) is 25.7 Å². The van der Waals surface area contributed by atoms with Gasteiger partial charge in [0.15, 0.2) is 0 Å². The molecule has 1 saturated heterocycles. The number of imide groups is 1. The number of nitrogens with zero attached hydrogens (tertiary/aromatic N) is 2. The lowest BCUT2D eigenvalue weighted by molar-refractivity contribution is -0.137. The number of rotatable bonds is 8. The van der Waals surface area contributed by atoms with Gasteiger partial charge >= 0.3 is 12.0 Å². The first-order chi connectivity index (χ1) is 9.41. The highest BCUT2D eigenvalue weighted by molar-refractivity contribution is 6.01. The highest BCUT2D eigenvalue weighted by atomic mass is 16.4. The fourth-order valence-corrected chi connectivity index (χ4v) is 1.84. The largest absolute Gasteiger partial charge is 0.481 e. The molecule has 20 heavy (non-hydrogen) atoms. The number of hydrogen-bond acceptors (Lipinski definition) is 4. The minimum atomic E-state index is -0.894. The average molecular weight is 285 g/mol. The standard InChI is InChI=1S/C12H19N3O5/c1-14-8-10(17)15(12(14)20)7-3-4-9(16)13-6-2-5-11(18)19/h2-8H2,1H3,(H,13,16)(H,18,19). The van der Waals surface area contributed by atoms with Crippen LogP contribution in [0.4, 0.5) is 4.79 Å². The number of likely N-dealkylation sites (N-methyl/N-ethyl adjacent to an activating group) is 1. The van der Waals surface area contributed by atoms with Crippen LogP contribution in [-0.4, -0.2) is 65.4 Å². The van der Waals surface area contributed by atoms with Crippen molar-refractivity contribution in [3.63, 3.8) is 0 Å². The lowest BCUT2D eigenvalue weighted by Gasteiger charge is -2.13. The summed E-state index contributed by atoms with van der Waals surface area (Å²) >= 11 is 0. The van der Waals surface area contributed by atoms with Crippen molar-refractivity contribution < 1.29 is 24.3 Å². The van der Waals surface area contributed by atoms with E-state index in [1.54, 1.807) is 7.05 Å². The van der Waals surface area contributed by atoms with Crippen molar-refractivity contribution in [2.24, 2.45) is 0 Å². The smallest absolute Gasteiger partial charge is 0.326 e. The van der Waals surface area contributed by atoms with Gasteiger partial charge in [0, 0.05) is 33.0 Å².